The number of pyridine rings is 1. The molecule has 0 unspecified atom stereocenters. The Morgan fingerprint density at radius 3 is 2.85 bits per heavy atom. The minimum absolute atomic E-state index is 0.146. The van der Waals surface area contributed by atoms with Crippen molar-refractivity contribution in [1.29, 1.82) is 0 Å². The zero-order valence-electron chi connectivity index (χ0n) is 10.4. The lowest BCUT2D eigenvalue weighted by molar-refractivity contribution is 0.267. The van der Waals surface area contributed by atoms with Gasteiger partial charge in [-0.05, 0) is 29.8 Å². The molecule has 1 aromatic carbocycles. The van der Waals surface area contributed by atoms with Crippen LogP contribution in [0.2, 0.25) is 10.0 Å². The third-order valence-corrected chi connectivity index (χ3v) is 3.71. The number of aromatic nitrogens is 3. The number of hydrogen-bond acceptors (Lipinski definition) is 3. The van der Waals surface area contributed by atoms with E-state index < -0.39 is 0 Å². The number of imidazole rings is 1. The van der Waals surface area contributed by atoms with E-state index in [4.69, 9.17) is 23.2 Å². The van der Waals surface area contributed by atoms with Crippen molar-refractivity contribution in [2.75, 3.05) is 0 Å². The molecule has 0 aliphatic heterocycles. The molecule has 2 aromatic heterocycles. The van der Waals surface area contributed by atoms with Crippen LogP contribution >= 0.6 is 23.2 Å². The fourth-order valence-corrected chi connectivity index (χ4v) is 2.54. The molecule has 102 valence electrons. The lowest BCUT2D eigenvalue weighted by Gasteiger charge is -2.10. The van der Waals surface area contributed by atoms with E-state index in [-0.39, 0.29) is 6.61 Å². The number of rotatable bonds is 3. The topological polar surface area (TPSA) is 50.9 Å². The average molecular weight is 308 g/mol. The van der Waals surface area contributed by atoms with Crippen LogP contribution in [0.25, 0.3) is 11.0 Å². The molecule has 0 bridgehead atoms. The number of benzene rings is 1. The second kappa shape index (κ2) is 5.40. The van der Waals surface area contributed by atoms with Crippen LogP contribution in [0.1, 0.15) is 11.4 Å². The molecule has 20 heavy (non-hydrogen) atoms. The van der Waals surface area contributed by atoms with Crippen LogP contribution < -0.4 is 0 Å². The molecule has 0 saturated carbocycles. The van der Waals surface area contributed by atoms with Gasteiger partial charge in [0.1, 0.15) is 17.9 Å². The molecule has 0 spiro atoms. The Kier molecular flexibility index (Phi) is 3.61. The molecule has 3 rings (SSSR count). The van der Waals surface area contributed by atoms with E-state index in [2.05, 4.69) is 9.97 Å². The highest BCUT2D eigenvalue weighted by molar-refractivity contribution is 6.33. The van der Waals surface area contributed by atoms with E-state index in [1.807, 2.05) is 16.7 Å². The van der Waals surface area contributed by atoms with Crippen molar-refractivity contribution < 1.29 is 5.11 Å². The van der Waals surface area contributed by atoms with Gasteiger partial charge in [-0.15, -0.1) is 0 Å². The van der Waals surface area contributed by atoms with Gasteiger partial charge in [0.25, 0.3) is 0 Å². The van der Waals surface area contributed by atoms with Crippen LogP contribution in [0.3, 0.4) is 0 Å². The molecule has 1 N–H and O–H groups in total. The summed E-state index contributed by atoms with van der Waals surface area (Å²) in [5, 5.41) is 10.7. The Morgan fingerprint density at radius 2 is 2.05 bits per heavy atom. The molecule has 6 heteroatoms. The molecular formula is C14H11Cl2N3O. The SMILES string of the molecule is OCc1nc2cnccc2n1Cc1cc(Cl)ccc1Cl. The lowest BCUT2D eigenvalue weighted by atomic mass is 10.2. The van der Waals surface area contributed by atoms with E-state index in [9.17, 15) is 5.11 Å². The Balaban J connectivity index is 2.12. The molecular weight excluding hydrogens is 297 g/mol. The van der Waals surface area contributed by atoms with Crippen molar-refractivity contribution in [2.24, 2.45) is 0 Å². The van der Waals surface area contributed by atoms with Crippen LogP contribution in [0.15, 0.2) is 36.7 Å². The third-order valence-electron chi connectivity index (χ3n) is 3.11. The molecule has 3 aromatic rings. The second-order valence-electron chi connectivity index (χ2n) is 4.37. The predicted molar refractivity (Wildman–Crippen MR) is 79.0 cm³/mol. The fraction of sp³-hybridized carbons (Fsp3) is 0.143. The van der Waals surface area contributed by atoms with Crippen molar-refractivity contribution in [1.82, 2.24) is 14.5 Å². The number of halogens is 2. The van der Waals surface area contributed by atoms with Gasteiger partial charge in [0.15, 0.2) is 0 Å². The van der Waals surface area contributed by atoms with Gasteiger partial charge in [-0.25, -0.2) is 4.98 Å². The van der Waals surface area contributed by atoms with Crippen molar-refractivity contribution in [3.05, 3.63) is 58.1 Å². The first kappa shape index (κ1) is 13.4. The number of aliphatic hydroxyl groups is 1. The number of nitrogens with zero attached hydrogens (tertiary/aromatic N) is 3. The number of aliphatic hydroxyl groups excluding tert-OH is 1. The predicted octanol–water partition coefficient (Wildman–Crippen LogP) is 3.28. The average Bonchev–Trinajstić information content (AvgIpc) is 2.81. The Labute approximate surface area is 125 Å². The molecule has 0 amide bonds. The maximum Gasteiger partial charge on any atom is 0.136 e. The monoisotopic (exact) mass is 307 g/mol. The summed E-state index contributed by atoms with van der Waals surface area (Å²) in [6.07, 6.45) is 3.37. The molecule has 0 saturated heterocycles. The van der Waals surface area contributed by atoms with Crippen molar-refractivity contribution in [3.63, 3.8) is 0 Å². The molecule has 2 heterocycles. The maximum absolute atomic E-state index is 9.46. The smallest absolute Gasteiger partial charge is 0.136 e. The summed E-state index contributed by atoms with van der Waals surface area (Å²) in [7, 11) is 0. The van der Waals surface area contributed by atoms with Gasteiger partial charge in [-0.3, -0.25) is 4.98 Å². The zero-order valence-corrected chi connectivity index (χ0v) is 11.9. The maximum atomic E-state index is 9.46. The Hall–Kier alpha value is -1.62. The summed E-state index contributed by atoms with van der Waals surface area (Å²) >= 11 is 12.2. The highest BCUT2D eigenvalue weighted by atomic mass is 35.5. The minimum Gasteiger partial charge on any atom is -0.388 e. The summed E-state index contributed by atoms with van der Waals surface area (Å²) in [4.78, 5) is 8.39. The summed E-state index contributed by atoms with van der Waals surface area (Å²) in [5.74, 6) is 0.573. The van der Waals surface area contributed by atoms with Gasteiger partial charge in [0.2, 0.25) is 0 Å². The van der Waals surface area contributed by atoms with E-state index >= 15 is 0 Å². The Morgan fingerprint density at radius 1 is 1.20 bits per heavy atom. The van der Waals surface area contributed by atoms with Gasteiger partial charge < -0.3 is 9.67 Å². The van der Waals surface area contributed by atoms with Crippen LogP contribution in [0, 0.1) is 0 Å². The summed E-state index contributed by atoms with van der Waals surface area (Å²) in [6.45, 7) is 0.350. The van der Waals surface area contributed by atoms with E-state index in [1.165, 1.54) is 0 Å². The molecule has 0 radical (unpaired) electrons. The standard InChI is InChI=1S/C14H11Cl2N3O/c15-10-1-2-11(16)9(5-10)7-19-13-3-4-17-6-12(13)18-14(19)8-20/h1-6,20H,7-8H2. The normalized spacial score (nSPS) is 11.2. The summed E-state index contributed by atoms with van der Waals surface area (Å²) < 4.78 is 1.91. The van der Waals surface area contributed by atoms with Gasteiger partial charge in [0, 0.05) is 16.2 Å². The van der Waals surface area contributed by atoms with E-state index in [1.54, 1.807) is 24.5 Å². The molecule has 0 aliphatic rings. The Bertz CT molecular complexity index is 770. The number of hydrogen-bond donors (Lipinski definition) is 1. The van der Waals surface area contributed by atoms with Crippen molar-refractivity contribution in [2.45, 2.75) is 13.2 Å². The van der Waals surface area contributed by atoms with E-state index in [0.717, 1.165) is 16.6 Å². The highest BCUT2D eigenvalue weighted by Crippen LogP contribution is 2.24. The van der Waals surface area contributed by atoms with Crippen LogP contribution in [0.4, 0.5) is 0 Å². The highest BCUT2D eigenvalue weighted by Gasteiger charge is 2.12. The number of fused-ring (bicyclic) bond motifs is 1. The van der Waals surface area contributed by atoms with Gasteiger partial charge in [-0.2, -0.15) is 0 Å². The van der Waals surface area contributed by atoms with Gasteiger partial charge >= 0.3 is 0 Å². The largest absolute Gasteiger partial charge is 0.388 e. The molecule has 0 aliphatic carbocycles. The fourth-order valence-electron chi connectivity index (χ4n) is 2.16. The summed E-state index contributed by atoms with van der Waals surface area (Å²) in [5.41, 5.74) is 2.53. The first-order chi connectivity index (χ1) is 9.69. The lowest BCUT2D eigenvalue weighted by Crippen LogP contribution is -2.05. The second-order valence-corrected chi connectivity index (χ2v) is 5.22. The third kappa shape index (κ3) is 2.38. The van der Waals surface area contributed by atoms with Crippen molar-refractivity contribution >= 4 is 34.2 Å². The molecule has 0 atom stereocenters. The van der Waals surface area contributed by atoms with Crippen LogP contribution in [-0.2, 0) is 13.2 Å². The van der Waals surface area contributed by atoms with Gasteiger partial charge in [0.05, 0.1) is 18.3 Å². The first-order valence-corrected chi connectivity index (χ1v) is 6.78. The van der Waals surface area contributed by atoms with E-state index in [0.29, 0.717) is 22.4 Å². The molecule has 0 fully saturated rings. The first-order valence-electron chi connectivity index (χ1n) is 6.03. The quantitative estimate of drug-likeness (QED) is 0.808. The zero-order chi connectivity index (χ0) is 14.1. The van der Waals surface area contributed by atoms with Crippen molar-refractivity contribution in [3.8, 4) is 0 Å². The minimum atomic E-state index is -0.146. The molecule has 4 nitrogen and oxygen atoms in total. The van der Waals surface area contributed by atoms with Crippen LogP contribution in [0.5, 0.6) is 0 Å². The summed E-state index contributed by atoms with van der Waals surface area (Å²) in [6, 6.07) is 7.19. The van der Waals surface area contributed by atoms with Crippen LogP contribution in [-0.4, -0.2) is 19.6 Å². The van der Waals surface area contributed by atoms with Gasteiger partial charge in [-0.1, -0.05) is 23.2 Å².